The Labute approximate surface area is 160 Å². The fourth-order valence-corrected chi connectivity index (χ4v) is 3.19. The summed E-state index contributed by atoms with van der Waals surface area (Å²) in [4.78, 5) is 6.36. The molecular formula is C20H25N3O2S. The van der Waals surface area contributed by atoms with Crippen LogP contribution >= 0.6 is 12.2 Å². The first-order chi connectivity index (χ1) is 12.7. The molecule has 0 aliphatic carbocycles. The van der Waals surface area contributed by atoms with E-state index in [1.807, 2.05) is 24.4 Å². The van der Waals surface area contributed by atoms with E-state index in [-0.39, 0.29) is 6.10 Å². The Kier molecular flexibility index (Phi) is 6.80. The minimum absolute atomic E-state index is 0.258. The van der Waals surface area contributed by atoms with Gasteiger partial charge in [0.2, 0.25) is 0 Å². The first-order valence-electron chi connectivity index (χ1n) is 8.91. The van der Waals surface area contributed by atoms with Gasteiger partial charge in [-0.1, -0.05) is 18.2 Å². The van der Waals surface area contributed by atoms with E-state index in [4.69, 9.17) is 21.7 Å². The largest absolute Gasteiger partial charge is 0.497 e. The van der Waals surface area contributed by atoms with Gasteiger partial charge in [0, 0.05) is 38.6 Å². The smallest absolute Gasteiger partial charge is 0.169 e. The topological polar surface area (TPSA) is 46.6 Å². The normalized spacial score (nSPS) is 16.3. The van der Waals surface area contributed by atoms with Crippen LogP contribution in [0.5, 0.6) is 5.75 Å². The van der Waals surface area contributed by atoms with Crippen molar-refractivity contribution in [1.29, 1.82) is 0 Å². The molecule has 1 fully saturated rings. The van der Waals surface area contributed by atoms with Crippen LogP contribution in [-0.4, -0.2) is 41.4 Å². The van der Waals surface area contributed by atoms with Crippen LogP contribution in [-0.2, 0) is 17.8 Å². The van der Waals surface area contributed by atoms with Gasteiger partial charge in [-0.15, -0.1) is 0 Å². The second-order valence-electron chi connectivity index (χ2n) is 6.39. The molecule has 5 nitrogen and oxygen atoms in total. The van der Waals surface area contributed by atoms with Gasteiger partial charge in [-0.05, 0) is 54.4 Å². The third-order valence-corrected chi connectivity index (χ3v) is 4.82. The number of hydrogen-bond donors (Lipinski definition) is 1. The molecule has 0 amide bonds. The third kappa shape index (κ3) is 5.41. The van der Waals surface area contributed by atoms with Crippen molar-refractivity contribution in [3.05, 3.63) is 59.9 Å². The molecule has 1 aromatic heterocycles. The highest BCUT2D eigenvalue weighted by atomic mass is 32.1. The molecule has 1 saturated heterocycles. The number of hydrogen-bond acceptors (Lipinski definition) is 4. The van der Waals surface area contributed by atoms with Crippen LogP contribution in [0.15, 0.2) is 48.8 Å². The van der Waals surface area contributed by atoms with E-state index in [9.17, 15) is 0 Å². The highest BCUT2D eigenvalue weighted by molar-refractivity contribution is 7.80. The van der Waals surface area contributed by atoms with Crippen LogP contribution in [0.1, 0.15) is 24.0 Å². The summed E-state index contributed by atoms with van der Waals surface area (Å²) in [5, 5.41) is 4.11. The van der Waals surface area contributed by atoms with E-state index in [1.165, 1.54) is 5.56 Å². The minimum atomic E-state index is 0.258. The molecule has 26 heavy (non-hydrogen) atoms. The molecule has 0 spiro atoms. The molecule has 1 aliphatic heterocycles. The van der Waals surface area contributed by atoms with Gasteiger partial charge in [0.05, 0.1) is 13.2 Å². The molecule has 1 aromatic carbocycles. The zero-order valence-corrected chi connectivity index (χ0v) is 15.9. The highest BCUT2D eigenvalue weighted by Gasteiger charge is 2.17. The molecule has 0 unspecified atom stereocenters. The van der Waals surface area contributed by atoms with Crippen molar-refractivity contribution in [1.82, 2.24) is 15.2 Å². The fraction of sp³-hybridized carbons (Fsp3) is 0.400. The van der Waals surface area contributed by atoms with Gasteiger partial charge in [0.15, 0.2) is 5.11 Å². The molecule has 2 aromatic rings. The Bertz CT molecular complexity index is 688. The molecular weight excluding hydrogens is 346 g/mol. The van der Waals surface area contributed by atoms with Crippen molar-refractivity contribution in [2.24, 2.45) is 0 Å². The number of thiocarbonyl (C=S) groups is 1. The second-order valence-corrected chi connectivity index (χ2v) is 6.77. The quantitative estimate of drug-likeness (QED) is 0.755. The van der Waals surface area contributed by atoms with Gasteiger partial charge < -0.3 is 19.7 Å². The number of rotatable bonds is 7. The van der Waals surface area contributed by atoms with E-state index in [0.29, 0.717) is 6.54 Å². The number of nitrogens with one attached hydrogen (secondary N) is 1. The van der Waals surface area contributed by atoms with E-state index >= 15 is 0 Å². The SMILES string of the molecule is COc1ccc(CN(Cc2cccnc2)C(=S)NC[C@@H]2CCCO2)cc1. The van der Waals surface area contributed by atoms with Crippen LogP contribution in [0.3, 0.4) is 0 Å². The molecule has 1 N–H and O–H groups in total. The first kappa shape index (κ1) is 18.6. The zero-order chi connectivity index (χ0) is 18.2. The standard InChI is InChI=1S/C20H25N3O2S/c1-24-18-8-6-16(7-9-18)14-23(15-17-4-2-10-21-12-17)20(26)22-13-19-5-3-11-25-19/h2,4,6-10,12,19H,3,5,11,13-15H2,1H3,(H,22,26)/t19-/m0/s1. The summed E-state index contributed by atoms with van der Waals surface area (Å²) >= 11 is 5.67. The van der Waals surface area contributed by atoms with Gasteiger partial charge in [-0.3, -0.25) is 4.98 Å². The third-order valence-electron chi connectivity index (χ3n) is 4.42. The molecule has 2 heterocycles. The summed E-state index contributed by atoms with van der Waals surface area (Å²) in [5.74, 6) is 0.853. The lowest BCUT2D eigenvalue weighted by Crippen LogP contribution is -2.42. The average molecular weight is 372 g/mol. The summed E-state index contributed by atoms with van der Waals surface area (Å²) in [6.07, 6.45) is 6.14. The monoisotopic (exact) mass is 371 g/mol. The molecule has 1 aliphatic rings. The summed E-state index contributed by atoms with van der Waals surface area (Å²) in [7, 11) is 1.67. The van der Waals surface area contributed by atoms with E-state index in [0.717, 1.165) is 49.0 Å². The van der Waals surface area contributed by atoms with Gasteiger partial charge in [0.1, 0.15) is 5.75 Å². The number of pyridine rings is 1. The predicted octanol–water partition coefficient (Wildman–Crippen LogP) is 3.15. The number of aromatic nitrogens is 1. The lowest BCUT2D eigenvalue weighted by Gasteiger charge is -2.27. The van der Waals surface area contributed by atoms with Crippen molar-refractivity contribution < 1.29 is 9.47 Å². The van der Waals surface area contributed by atoms with Crippen molar-refractivity contribution >= 4 is 17.3 Å². The van der Waals surface area contributed by atoms with E-state index in [2.05, 4.69) is 33.4 Å². The zero-order valence-electron chi connectivity index (χ0n) is 15.1. The number of benzene rings is 1. The van der Waals surface area contributed by atoms with Crippen molar-refractivity contribution in [2.45, 2.75) is 32.0 Å². The summed E-state index contributed by atoms with van der Waals surface area (Å²) in [6, 6.07) is 12.1. The highest BCUT2D eigenvalue weighted by Crippen LogP contribution is 2.15. The van der Waals surface area contributed by atoms with Crippen LogP contribution in [0, 0.1) is 0 Å². The predicted molar refractivity (Wildman–Crippen MR) is 106 cm³/mol. The van der Waals surface area contributed by atoms with Crippen molar-refractivity contribution in [3.8, 4) is 5.75 Å². The van der Waals surface area contributed by atoms with Crippen LogP contribution in [0.4, 0.5) is 0 Å². The van der Waals surface area contributed by atoms with Crippen LogP contribution in [0.25, 0.3) is 0 Å². The van der Waals surface area contributed by atoms with Crippen LogP contribution in [0.2, 0.25) is 0 Å². The van der Waals surface area contributed by atoms with E-state index in [1.54, 1.807) is 13.3 Å². The average Bonchev–Trinajstić information content (AvgIpc) is 3.20. The molecule has 3 rings (SSSR count). The Hall–Kier alpha value is -2.18. The maximum Gasteiger partial charge on any atom is 0.169 e. The van der Waals surface area contributed by atoms with Crippen molar-refractivity contribution in [3.63, 3.8) is 0 Å². The molecule has 138 valence electrons. The second kappa shape index (κ2) is 9.50. The molecule has 1 atom stereocenters. The lowest BCUT2D eigenvalue weighted by molar-refractivity contribution is 0.113. The number of ether oxygens (including phenoxy) is 2. The molecule has 0 bridgehead atoms. The van der Waals surface area contributed by atoms with E-state index < -0.39 is 0 Å². The fourth-order valence-electron chi connectivity index (χ4n) is 2.98. The Balaban J connectivity index is 1.66. The van der Waals surface area contributed by atoms with Gasteiger partial charge in [0.25, 0.3) is 0 Å². The summed E-state index contributed by atoms with van der Waals surface area (Å²) in [5.41, 5.74) is 2.30. The first-order valence-corrected chi connectivity index (χ1v) is 9.31. The minimum Gasteiger partial charge on any atom is -0.497 e. The maximum atomic E-state index is 5.68. The Morgan fingerprint density at radius 2 is 2.08 bits per heavy atom. The van der Waals surface area contributed by atoms with Gasteiger partial charge >= 0.3 is 0 Å². The number of nitrogens with zero attached hydrogens (tertiary/aromatic N) is 2. The Morgan fingerprint density at radius 1 is 1.27 bits per heavy atom. The maximum absolute atomic E-state index is 5.68. The Morgan fingerprint density at radius 3 is 2.73 bits per heavy atom. The number of methoxy groups -OCH3 is 1. The van der Waals surface area contributed by atoms with Gasteiger partial charge in [-0.25, -0.2) is 0 Å². The molecule has 0 saturated carbocycles. The lowest BCUT2D eigenvalue weighted by atomic mass is 10.2. The molecule has 6 heteroatoms. The van der Waals surface area contributed by atoms with Gasteiger partial charge in [-0.2, -0.15) is 0 Å². The summed E-state index contributed by atoms with van der Waals surface area (Å²) < 4.78 is 10.9. The summed E-state index contributed by atoms with van der Waals surface area (Å²) in [6.45, 7) is 3.03. The molecule has 0 radical (unpaired) electrons. The van der Waals surface area contributed by atoms with Crippen LogP contribution < -0.4 is 10.1 Å². The van der Waals surface area contributed by atoms with Crippen molar-refractivity contribution in [2.75, 3.05) is 20.3 Å².